The summed E-state index contributed by atoms with van der Waals surface area (Å²) in [7, 11) is 0. The molecule has 5 heteroatoms. The molecule has 0 aromatic heterocycles. The van der Waals surface area contributed by atoms with Gasteiger partial charge in [-0.25, -0.2) is 4.79 Å². The number of hydrogen-bond donors (Lipinski definition) is 2. The maximum Gasteiger partial charge on any atom is 1.00 e. The molecular formula is C14H13ClNNaO2. The monoisotopic (exact) mass is 285 g/mol. The maximum atomic E-state index is 10.7. The number of anilines is 1. The van der Waals surface area contributed by atoms with Crippen molar-refractivity contribution < 1.29 is 40.9 Å². The first-order valence-electron chi connectivity index (χ1n) is 5.47. The van der Waals surface area contributed by atoms with E-state index in [9.17, 15) is 4.79 Å². The van der Waals surface area contributed by atoms with Gasteiger partial charge in [0.15, 0.2) is 0 Å². The molecule has 0 heterocycles. The fourth-order valence-electron chi connectivity index (χ4n) is 1.54. The Hall–Kier alpha value is -1.000. The van der Waals surface area contributed by atoms with Crippen LogP contribution in [-0.4, -0.2) is 11.1 Å². The molecule has 0 saturated heterocycles. The first-order valence-corrected chi connectivity index (χ1v) is 5.84. The summed E-state index contributed by atoms with van der Waals surface area (Å²) in [5.41, 5.74) is 2.28. The van der Waals surface area contributed by atoms with Crippen LogP contribution in [0.3, 0.4) is 0 Å². The van der Waals surface area contributed by atoms with E-state index < -0.39 is 5.97 Å². The molecule has 0 aliphatic carbocycles. The van der Waals surface area contributed by atoms with Crippen molar-refractivity contribution in [1.82, 2.24) is 0 Å². The topological polar surface area (TPSA) is 49.3 Å². The Morgan fingerprint density at radius 1 is 1.11 bits per heavy atom. The molecule has 0 spiro atoms. The van der Waals surface area contributed by atoms with Gasteiger partial charge in [0.05, 0.1) is 5.56 Å². The fraction of sp³-hybridized carbons (Fsp3) is 0.0714. The molecule has 0 fully saturated rings. The molecule has 0 radical (unpaired) electrons. The number of halogens is 1. The van der Waals surface area contributed by atoms with Gasteiger partial charge in [0.25, 0.3) is 0 Å². The molecule has 2 aromatic rings. The van der Waals surface area contributed by atoms with Crippen LogP contribution in [0.4, 0.5) is 5.69 Å². The van der Waals surface area contributed by atoms with Gasteiger partial charge in [0.2, 0.25) is 0 Å². The molecule has 0 amide bonds. The van der Waals surface area contributed by atoms with E-state index >= 15 is 0 Å². The standard InChI is InChI=1S/C14H12ClNO2.Na.H/c15-12-5-1-10(2-6-12)9-16-13-7-3-11(4-8-13)14(17)18;;/h1-8,16H,9H2,(H,17,18);;/q;+1;-1. The molecule has 0 aliphatic heterocycles. The number of rotatable bonds is 4. The largest absolute Gasteiger partial charge is 1.00 e. The second-order valence-corrected chi connectivity index (χ2v) is 4.30. The summed E-state index contributed by atoms with van der Waals surface area (Å²) in [5, 5.41) is 12.7. The Kier molecular flexibility index (Phi) is 6.38. The zero-order valence-electron chi connectivity index (χ0n) is 11.6. The predicted octanol–water partition coefficient (Wildman–Crippen LogP) is 0.767. The molecule has 3 nitrogen and oxygen atoms in total. The smallest absolute Gasteiger partial charge is 1.00 e. The van der Waals surface area contributed by atoms with E-state index in [0.717, 1.165) is 11.3 Å². The summed E-state index contributed by atoms with van der Waals surface area (Å²) in [6.45, 7) is 0.670. The summed E-state index contributed by atoms with van der Waals surface area (Å²) in [4.78, 5) is 10.7. The quantitative estimate of drug-likeness (QED) is 0.816. The van der Waals surface area contributed by atoms with Crippen LogP contribution in [0.1, 0.15) is 17.3 Å². The average Bonchev–Trinajstić information content (AvgIpc) is 2.38. The minimum absolute atomic E-state index is 0. The summed E-state index contributed by atoms with van der Waals surface area (Å²) in [6, 6.07) is 14.2. The van der Waals surface area contributed by atoms with Crippen molar-refractivity contribution in [3.05, 3.63) is 64.7 Å². The van der Waals surface area contributed by atoms with Crippen molar-refractivity contribution in [2.75, 3.05) is 5.32 Å². The van der Waals surface area contributed by atoms with E-state index in [2.05, 4.69) is 5.32 Å². The van der Waals surface area contributed by atoms with E-state index in [1.54, 1.807) is 24.3 Å². The van der Waals surface area contributed by atoms with Gasteiger partial charge in [0, 0.05) is 17.3 Å². The molecule has 19 heavy (non-hydrogen) atoms. The summed E-state index contributed by atoms with van der Waals surface area (Å²) in [5.74, 6) is -0.917. The summed E-state index contributed by atoms with van der Waals surface area (Å²) < 4.78 is 0. The third kappa shape index (κ3) is 4.88. The normalized spacial score (nSPS) is 9.53. The SMILES string of the molecule is O=C(O)c1ccc(NCc2ccc(Cl)cc2)cc1.[H-].[Na+]. The molecule has 2 aromatic carbocycles. The van der Waals surface area contributed by atoms with Crippen LogP contribution < -0.4 is 34.9 Å². The summed E-state index contributed by atoms with van der Waals surface area (Å²) in [6.07, 6.45) is 0. The zero-order valence-corrected chi connectivity index (χ0v) is 13.3. The molecule has 0 aliphatic rings. The number of carboxylic acids is 1. The first-order chi connectivity index (χ1) is 8.65. The Bertz CT molecular complexity index is 546. The average molecular weight is 286 g/mol. The number of aromatic carboxylic acids is 1. The molecule has 0 unspecified atom stereocenters. The van der Waals surface area contributed by atoms with Crippen LogP contribution in [0.25, 0.3) is 0 Å². The second-order valence-electron chi connectivity index (χ2n) is 3.86. The van der Waals surface area contributed by atoms with E-state index in [1.165, 1.54) is 0 Å². The van der Waals surface area contributed by atoms with Crippen molar-refractivity contribution in [3.8, 4) is 0 Å². The van der Waals surface area contributed by atoms with E-state index in [1.807, 2.05) is 24.3 Å². The molecule has 2 rings (SSSR count). The summed E-state index contributed by atoms with van der Waals surface area (Å²) >= 11 is 5.80. The third-order valence-corrected chi connectivity index (χ3v) is 2.79. The number of carbonyl (C=O) groups is 1. The fourth-order valence-corrected chi connectivity index (χ4v) is 1.66. The number of nitrogens with one attached hydrogen (secondary N) is 1. The van der Waals surface area contributed by atoms with Crippen molar-refractivity contribution in [2.24, 2.45) is 0 Å². The van der Waals surface area contributed by atoms with Crippen LogP contribution in [0.15, 0.2) is 48.5 Å². The van der Waals surface area contributed by atoms with E-state index in [4.69, 9.17) is 16.7 Å². The molecule has 0 saturated carbocycles. The zero-order chi connectivity index (χ0) is 13.0. The number of benzene rings is 2. The van der Waals surface area contributed by atoms with Crippen molar-refractivity contribution >= 4 is 23.3 Å². The van der Waals surface area contributed by atoms with Gasteiger partial charge >= 0.3 is 35.5 Å². The van der Waals surface area contributed by atoms with Gasteiger partial charge in [-0.3, -0.25) is 0 Å². The Labute approximate surface area is 140 Å². The molecular weight excluding hydrogens is 273 g/mol. The first kappa shape index (κ1) is 16.1. The van der Waals surface area contributed by atoms with Gasteiger partial charge in [-0.2, -0.15) is 0 Å². The number of carboxylic acid groups (broad SMARTS) is 1. The van der Waals surface area contributed by atoms with Crippen molar-refractivity contribution in [1.29, 1.82) is 0 Å². The molecule has 2 N–H and O–H groups in total. The van der Waals surface area contributed by atoms with Crippen LogP contribution in [0, 0.1) is 0 Å². The minimum Gasteiger partial charge on any atom is -1.00 e. The second kappa shape index (κ2) is 7.56. The van der Waals surface area contributed by atoms with E-state index in [0.29, 0.717) is 11.6 Å². The van der Waals surface area contributed by atoms with Crippen molar-refractivity contribution in [2.45, 2.75) is 6.54 Å². The van der Waals surface area contributed by atoms with Crippen LogP contribution in [0.2, 0.25) is 5.02 Å². The van der Waals surface area contributed by atoms with Gasteiger partial charge < -0.3 is 11.8 Å². The predicted molar refractivity (Wildman–Crippen MR) is 73.3 cm³/mol. The number of hydrogen-bond acceptors (Lipinski definition) is 2. The Morgan fingerprint density at radius 2 is 1.68 bits per heavy atom. The minimum atomic E-state index is -0.917. The molecule has 94 valence electrons. The Morgan fingerprint density at radius 3 is 2.21 bits per heavy atom. The van der Waals surface area contributed by atoms with Gasteiger partial charge in [-0.05, 0) is 42.0 Å². The molecule has 0 bridgehead atoms. The van der Waals surface area contributed by atoms with Crippen LogP contribution in [0.5, 0.6) is 0 Å². The van der Waals surface area contributed by atoms with Gasteiger partial charge in [-0.1, -0.05) is 23.7 Å². The van der Waals surface area contributed by atoms with Crippen molar-refractivity contribution in [3.63, 3.8) is 0 Å². The van der Waals surface area contributed by atoms with E-state index in [-0.39, 0.29) is 36.5 Å². The van der Waals surface area contributed by atoms with Gasteiger partial charge in [0.1, 0.15) is 0 Å². The maximum absolute atomic E-state index is 10.7. The third-order valence-electron chi connectivity index (χ3n) is 2.54. The molecule has 0 atom stereocenters. The van der Waals surface area contributed by atoms with Gasteiger partial charge in [-0.15, -0.1) is 0 Å². The Balaban J connectivity index is 0.00000180. The van der Waals surface area contributed by atoms with Crippen LogP contribution >= 0.6 is 11.6 Å². The van der Waals surface area contributed by atoms with Crippen LogP contribution in [-0.2, 0) is 6.54 Å².